The van der Waals surface area contributed by atoms with Crippen LogP contribution in [0.2, 0.25) is 0 Å². The minimum absolute atomic E-state index is 0.107. The normalized spacial score (nSPS) is 9.80. The number of phenolic OH excluding ortho intramolecular Hbond substituents is 1. The van der Waals surface area contributed by atoms with Gasteiger partial charge in [-0.05, 0) is 36.4 Å². The molecule has 2 aromatic carbocycles. The Bertz CT molecular complexity index is 605. The first-order chi connectivity index (χ1) is 9.69. The Labute approximate surface area is 117 Å². The second-order valence-corrected chi connectivity index (χ2v) is 4.13. The molecule has 0 aliphatic heterocycles. The minimum Gasteiger partial charge on any atom is -0.508 e. The summed E-state index contributed by atoms with van der Waals surface area (Å²) in [4.78, 5) is 12.0. The zero-order valence-corrected chi connectivity index (χ0v) is 10.9. The summed E-state index contributed by atoms with van der Waals surface area (Å²) in [5.74, 6) is 0.542. The van der Waals surface area contributed by atoms with Gasteiger partial charge in [0.25, 0.3) is 5.91 Å². The maximum absolute atomic E-state index is 12.0. The predicted molar refractivity (Wildman–Crippen MR) is 78.2 cm³/mol. The summed E-state index contributed by atoms with van der Waals surface area (Å²) in [7, 11) is 0. The molecule has 20 heavy (non-hydrogen) atoms. The fourth-order valence-corrected chi connectivity index (χ4v) is 1.64. The molecule has 0 bridgehead atoms. The zero-order valence-electron chi connectivity index (χ0n) is 10.9. The van der Waals surface area contributed by atoms with Crippen molar-refractivity contribution in [2.24, 2.45) is 0 Å². The van der Waals surface area contributed by atoms with E-state index in [-0.39, 0.29) is 11.7 Å². The van der Waals surface area contributed by atoms with Gasteiger partial charge >= 0.3 is 0 Å². The molecular weight excluding hydrogens is 254 g/mol. The molecule has 0 saturated heterocycles. The molecule has 0 aromatic heterocycles. The van der Waals surface area contributed by atoms with Gasteiger partial charge in [-0.25, -0.2) is 0 Å². The van der Waals surface area contributed by atoms with Gasteiger partial charge in [-0.15, -0.1) is 0 Å². The minimum atomic E-state index is -0.245. The molecule has 2 N–H and O–H groups in total. The maximum atomic E-state index is 12.0. The number of phenols is 1. The quantitative estimate of drug-likeness (QED) is 0.819. The molecule has 0 heterocycles. The third kappa shape index (κ3) is 3.62. The molecule has 4 heteroatoms. The van der Waals surface area contributed by atoms with Crippen LogP contribution in [0.1, 0.15) is 10.4 Å². The Morgan fingerprint density at radius 3 is 2.65 bits per heavy atom. The Morgan fingerprint density at radius 2 is 2.00 bits per heavy atom. The van der Waals surface area contributed by atoms with Gasteiger partial charge in [0.15, 0.2) is 0 Å². The molecule has 2 rings (SSSR count). The van der Waals surface area contributed by atoms with Gasteiger partial charge in [-0.1, -0.05) is 18.7 Å². The van der Waals surface area contributed by atoms with Crippen molar-refractivity contribution >= 4 is 11.6 Å². The molecular formula is C16H15NO3. The van der Waals surface area contributed by atoms with Crippen LogP contribution in [-0.2, 0) is 0 Å². The number of nitrogens with one attached hydrogen (secondary N) is 1. The number of hydrogen-bond donors (Lipinski definition) is 2. The average molecular weight is 269 g/mol. The van der Waals surface area contributed by atoms with Crippen molar-refractivity contribution in [1.82, 2.24) is 0 Å². The molecule has 0 aliphatic carbocycles. The standard InChI is InChI=1S/C16H15NO3/c1-2-10-20-15-8-6-12(7-9-15)16(19)17-13-4-3-5-14(18)11-13/h2-9,11,18H,1,10H2,(H,17,19). The predicted octanol–water partition coefficient (Wildman–Crippen LogP) is 3.21. The summed E-state index contributed by atoms with van der Waals surface area (Å²) in [6, 6.07) is 13.2. The van der Waals surface area contributed by atoms with E-state index < -0.39 is 0 Å². The molecule has 0 unspecified atom stereocenters. The van der Waals surface area contributed by atoms with Crippen molar-refractivity contribution in [1.29, 1.82) is 0 Å². The number of hydrogen-bond acceptors (Lipinski definition) is 3. The first-order valence-corrected chi connectivity index (χ1v) is 6.13. The molecule has 0 saturated carbocycles. The monoisotopic (exact) mass is 269 g/mol. The summed E-state index contributed by atoms with van der Waals surface area (Å²) in [5.41, 5.74) is 1.06. The number of ether oxygens (including phenoxy) is 1. The van der Waals surface area contributed by atoms with Crippen LogP contribution in [0.5, 0.6) is 11.5 Å². The average Bonchev–Trinajstić information content (AvgIpc) is 2.45. The fourth-order valence-electron chi connectivity index (χ4n) is 1.64. The Morgan fingerprint density at radius 1 is 1.25 bits per heavy atom. The third-order valence-electron chi connectivity index (χ3n) is 2.59. The van der Waals surface area contributed by atoms with Crippen molar-refractivity contribution in [3.63, 3.8) is 0 Å². The SMILES string of the molecule is C=CCOc1ccc(C(=O)Nc2cccc(O)c2)cc1. The second kappa shape index (κ2) is 6.43. The van der Waals surface area contributed by atoms with E-state index in [0.29, 0.717) is 23.6 Å². The smallest absolute Gasteiger partial charge is 0.255 e. The van der Waals surface area contributed by atoms with E-state index in [1.54, 1.807) is 48.5 Å². The molecule has 1 amide bonds. The summed E-state index contributed by atoms with van der Waals surface area (Å²) in [6.07, 6.45) is 1.66. The van der Waals surface area contributed by atoms with E-state index in [4.69, 9.17) is 4.74 Å². The van der Waals surface area contributed by atoms with Crippen LogP contribution in [0.3, 0.4) is 0 Å². The van der Waals surface area contributed by atoms with E-state index in [9.17, 15) is 9.90 Å². The van der Waals surface area contributed by atoms with E-state index in [2.05, 4.69) is 11.9 Å². The van der Waals surface area contributed by atoms with Gasteiger partial charge in [0.05, 0.1) is 0 Å². The number of carbonyl (C=O) groups excluding carboxylic acids is 1. The number of aromatic hydroxyl groups is 1. The molecule has 0 radical (unpaired) electrons. The van der Waals surface area contributed by atoms with Crippen LogP contribution in [0, 0.1) is 0 Å². The lowest BCUT2D eigenvalue weighted by atomic mass is 10.2. The van der Waals surface area contributed by atoms with Crippen LogP contribution in [0.25, 0.3) is 0 Å². The van der Waals surface area contributed by atoms with Crippen molar-refractivity contribution in [2.45, 2.75) is 0 Å². The fraction of sp³-hybridized carbons (Fsp3) is 0.0625. The summed E-state index contributed by atoms with van der Waals surface area (Å²) >= 11 is 0. The summed E-state index contributed by atoms with van der Waals surface area (Å²) in [6.45, 7) is 3.99. The van der Waals surface area contributed by atoms with Crippen molar-refractivity contribution < 1.29 is 14.6 Å². The van der Waals surface area contributed by atoms with Crippen LogP contribution >= 0.6 is 0 Å². The first kappa shape index (κ1) is 13.7. The molecule has 102 valence electrons. The molecule has 0 spiro atoms. The van der Waals surface area contributed by atoms with Crippen molar-refractivity contribution in [3.8, 4) is 11.5 Å². The first-order valence-electron chi connectivity index (χ1n) is 6.13. The second-order valence-electron chi connectivity index (χ2n) is 4.13. The van der Waals surface area contributed by atoms with Crippen LogP contribution in [0.15, 0.2) is 61.2 Å². The number of carbonyl (C=O) groups is 1. The highest BCUT2D eigenvalue weighted by Gasteiger charge is 2.06. The van der Waals surface area contributed by atoms with Gasteiger partial charge in [-0.2, -0.15) is 0 Å². The van der Waals surface area contributed by atoms with Crippen LogP contribution < -0.4 is 10.1 Å². The van der Waals surface area contributed by atoms with Gasteiger partial charge < -0.3 is 15.2 Å². The zero-order chi connectivity index (χ0) is 14.4. The van der Waals surface area contributed by atoms with Crippen LogP contribution in [0.4, 0.5) is 5.69 Å². The van der Waals surface area contributed by atoms with Gasteiger partial charge in [0.2, 0.25) is 0 Å². The number of amides is 1. The lowest BCUT2D eigenvalue weighted by Crippen LogP contribution is -2.11. The Balaban J connectivity index is 2.03. The molecule has 0 fully saturated rings. The van der Waals surface area contributed by atoms with Gasteiger partial charge in [-0.3, -0.25) is 4.79 Å². The van der Waals surface area contributed by atoms with E-state index in [1.165, 1.54) is 6.07 Å². The van der Waals surface area contributed by atoms with Crippen molar-refractivity contribution in [2.75, 3.05) is 11.9 Å². The Hall–Kier alpha value is -2.75. The van der Waals surface area contributed by atoms with Crippen molar-refractivity contribution in [3.05, 3.63) is 66.7 Å². The highest BCUT2D eigenvalue weighted by Crippen LogP contribution is 2.17. The topological polar surface area (TPSA) is 58.6 Å². The van der Waals surface area contributed by atoms with Gasteiger partial charge in [0, 0.05) is 17.3 Å². The highest BCUT2D eigenvalue weighted by atomic mass is 16.5. The summed E-state index contributed by atoms with van der Waals surface area (Å²) < 4.78 is 5.34. The lowest BCUT2D eigenvalue weighted by Gasteiger charge is -2.07. The number of rotatable bonds is 5. The third-order valence-corrected chi connectivity index (χ3v) is 2.59. The highest BCUT2D eigenvalue weighted by molar-refractivity contribution is 6.04. The molecule has 0 aliphatic rings. The number of benzene rings is 2. The number of anilines is 1. The molecule has 0 atom stereocenters. The molecule has 2 aromatic rings. The molecule has 4 nitrogen and oxygen atoms in total. The largest absolute Gasteiger partial charge is 0.508 e. The maximum Gasteiger partial charge on any atom is 0.255 e. The lowest BCUT2D eigenvalue weighted by molar-refractivity contribution is 0.102. The van der Waals surface area contributed by atoms with E-state index in [0.717, 1.165) is 0 Å². The van der Waals surface area contributed by atoms with Crippen LogP contribution in [-0.4, -0.2) is 17.6 Å². The van der Waals surface area contributed by atoms with E-state index >= 15 is 0 Å². The summed E-state index contributed by atoms with van der Waals surface area (Å²) in [5, 5.41) is 12.0. The van der Waals surface area contributed by atoms with E-state index in [1.807, 2.05) is 0 Å². The van der Waals surface area contributed by atoms with Gasteiger partial charge in [0.1, 0.15) is 18.1 Å². The Kier molecular flexibility index (Phi) is 4.39.